The Kier molecular flexibility index (Phi) is 5.73. The standard InChI is InChI=1S/C14H22N4O2/c1-2-8-15-13-7-6-12(17-18-13)14(19)16-10-11-5-3-4-9-20-11/h6-7,11H,2-5,8-10H2,1H3,(H,15,18)(H,16,19). The monoisotopic (exact) mass is 278 g/mol. The van der Waals surface area contributed by atoms with Crippen molar-refractivity contribution in [1.29, 1.82) is 0 Å². The van der Waals surface area contributed by atoms with E-state index in [2.05, 4.69) is 27.8 Å². The second kappa shape index (κ2) is 7.79. The van der Waals surface area contributed by atoms with Gasteiger partial charge in [-0.05, 0) is 37.8 Å². The Morgan fingerprint density at radius 2 is 2.30 bits per heavy atom. The zero-order valence-electron chi connectivity index (χ0n) is 11.9. The van der Waals surface area contributed by atoms with Crippen LogP contribution in [0.2, 0.25) is 0 Å². The molecule has 0 spiro atoms. The number of aromatic nitrogens is 2. The number of nitrogens with one attached hydrogen (secondary N) is 2. The summed E-state index contributed by atoms with van der Waals surface area (Å²) < 4.78 is 5.57. The molecule has 20 heavy (non-hydrogen) atoms. The molecule has 0 bridgehead atoms. The van der Waals surface area contributed by atoms with Crippen molar-refractivity contribution in [3.05, 3.63) is 17.8 Å². The van der Waals surface area contributed by atoms with Gasteiger partial charge in [0, 0.05) is 19.7 Å². The second-order valence-corrected chi connectivity index (χ2v) is 4.93. The predicted molar refractivity (Wildman–Crippen MR) is 76.7 cm³/mol. The van der Waals surface area contributed by atoms with Crippen LogP contribution in [0.25, 0.3) is 0 Å². The first kappa shape index (κ1) is 14.7. The van der Waals surface area contributed by atoms with Gasteiger partial charge in [0.15, 0.2) is 5.69 Å². The molecule has 1 amide bonds. The Morgan fingerprint density at radius 3 is 2.95 bits per heavy atom. The Morgan fingerprint density at radius 1 is 1.40 bits per heavy atom. The fourth-order valence-corrected chi connectivity index (χ4v) is 2.07. The Labute approximate surface area is 119 Å². The van der Waals surface area contributed by atoms with E-state index < -0.39 is 0 Å². The quantitative estimate of drug-likeness (QED) is 0.826. The minimum Gasteiger partial charge on any atom is -0.376 e. The van der Waals surface area contributed by atoms with Crippen LogP contribution in [0.15, 0.2) is 12.1 Å². The number of anilines is 1. The van der Waals surface area contributed by atoms with Gasteiger partial charge in [-0.3, -0.25) is 4.79 Å². The number of hydrogen-bond donors (Lipinski definition) is 2. The minimum atomic E-state index is -0.200. The van der Waals surface area contributed by atoms with Crippen molar-refractivity contribution in [2.75, 3.05) is 25.0 Å². The largest absolute Gasteiger partial charge is 0.376 e. The smallest absolute Gasteiger partial charge is 0.271 e. The summed E-state index contributed by atoms with van der Waals surface area (Å²) in [5.41, 5.74) is 0.336. The minimum absolute atomic E-state index is 0.131. The molecule has 6 heteroatoms. The maximum Gasteiger partial charge on any atom is 0.271 e. The van der Waals surface area contributed by atoms with Gasteiger partial charge >= 0.3 is 0 Å². The average Bonchev–Trinajstić information content (AvgIpc) is 2.52. The zero-order valence-corrected chi connectivity index (χ0v) is 11.9. The van der Waals surface area contributed by atoms with E-state index >= 15 is 0 Å². The summed E-state index contributed by atoms with van der Waals surface area (Å²) in [5, 5.41) is 13.9. The molecule has 1 saturated heterocycles. The van der Waals surface area contributed by atoms with Crippen LogP contribution in [0, 0.1) is 0 Å². The molecule has 0 aromatic carbocycles. The molecule has 1 aliphatic rings. The van der Waals surface area contributed by atoms with Crippen molar-refractivity contribution in [2.45, 2.75) is 38.7 Å². The van der Waals surface area contributed by atoms with Gasteiger partial charge in [0.2, 0.25) is 0 Å². The van der Waals surface area contributed by atoms with Crippen molar-refractivity contribution in [1.82, 2.24) is 15.5 Å². The highest BCUT2D eigenvalue weighted by molar-refractivity contribution is 5.92. The van der Waals surface area contributed by atoms with Gasteiger partial charge in [-0.1, -0.05) is 6.92 Å². The lowest BCUT2D eigenvalue weighted by Gasteiger charge is -2.22. The van der Waals surface area contributed by atoms with Gasteiger partial charge in [0.1, 0.15) is 5.82 Å². The summed E-state index contributed by atoms with van der Waals surface area (Å²) in [6, 6.07) is 3.46. The van der Waals surface area contributed by atoms with Gasteiger partial charge in [-0.15, -0.1) is 10.2 Å². The van der Waals surface area contributed by atoms with Gasteiger partial charge in [0.05, 0.1) is 6.10 Å². The van der Waals surface area contributed by atoms with E-state index in [1.807, 2.05) is 0 Å². The lowest BCUT2D eigenvalue weighted by Crippen LogP contribution is -2.35. The van der Waals surface area contributed by atoms with E-state index in [4.69, 9.17) is 4.74 Å². The first-order valence-electron chi connectivity index (χ1n) is 7.27. The first-order valence-corrected chi connectivity index (χ1v) is 7.27. The molecule has 110 valence electrons. The number of carbonyl (C=O) groups is 1. The molecule has 1 unspecified atom stereocenters. The lowest BCUT2D eigenvalue weighted by atomic mass is 10.1. The maximum atomic E-state index is 11.9. The van der Waals surface area contributed by atoms with Crippen LogP contribution < -0.4 is 10.6 Å². The van der Waals surface area contributed by atoms with E-state index in [-0.39, 0.29) is 12.0 Å². The van der Waals surface area contributed by atoms with Crippen LogP contribution in [0.5, 0.6) is 0 Å². The molecular weight excluding hydrogens is 256 g/mol. The topological polar surface area (TPSA) is 76.1 Å². The predicted octanol–water partition coefficient (Wildman–Crippen LogP) is 1.60. The highest BCUT2D eigenvalue weighted by atomic mass is 16.5. The van der Waals surface area contributed by atoms with E-state index in [9.17, 15) is 4.79 Å². The third-order valence-electron chi connectivity index (χ3n) is 3.22. The van der Waals surface area contributed by atoms with Crippen molar-refractivity contribution < 1.29 is 9.53 Å². The highest BCUT2D eigenvalue weighted by Crippen LogP contribution is 2.11. The summed E-state index contributed by atoms with van der Waals surface area (Å²) in [6.07, 6.45) is 4.43. The number of nitrogens with zero attached hydrogens (tertiary/aromatic N) is 2. The van der Waals surface area contributed by atoms with Crippen LogP contribution >= 0.6 is 0 Å². The normalized spacial score (nSPS) is 18.6. The van der Waals surface area contributed by atoms with Crippen molar-refractivity contribution in [3.8, 4) is 0 Å². The zero-order chi connectivity index (χ0) is 14.2. The molecule has 1 atom stereocenters. The first-order chi connectivity index (χ1) is 9.79. The lowest BCUT2D eigenvalue weighted by molar-refractivity contribution is 0.0168. The molecule has 1 aromatic heterocycles. The van der Waals surface area contributed by atoms with E-state index in [1.54, 1.807) is 12.1 Å². The number of amides is 1. The summed E-state index contributed by atoms with van der Waals surface area (Å²) in [7, 11) is 0. The molecule has 0 saturated carbocycles. The van der Waals surface area contributed by atoms with Crippen LogP contribution in [0.4, 0.5) is 5.82 Å². The van der Waals surface area contributed by atoms with Crippen molar-refractivity contribution in [2.24, 2.45) is 0 Å². The third-order valence-corrected chi connectivity index (χ3v) is 3.22. The fraction of sp³-hybridized carbons (Fsp3) is 0.643. The number of carbonyl (C=O) groups excluding carboxylic acids is 1. The Bertz CT molecular complexity index is 416. The second-order valence-electron chi connectivity index (χ2n) is 4.93. The molecule has 1 fully saturated rings. The summed E-state index contributed by atoms with van der Waals surface area (Å²) in [5.74, 6) is 0.493. The Hall–Kier alpha value is -1.69. The molecule has 6 nitrogen and oxygen atoms in total. The SMILES string of the molecule is CCCNc1ccc(C(=O)NCC2CCCCO2)nn1. The van der Waals surface area contributed by atoms with E-state index in [0.29, 0.717) is 18.1 Å². The van der Waals surface area contributed by atoms with Gasteiger partial charge in [-0.2, -0.15) is 0 Å². The van der Waals surface area contributed by atoms with Crippen molar-refractivity contribution in [3.63, 3.8) is 0 Å². The average molecular weight is 278 g/mol. The van der Waals surface area contributed by atoms with Crippen LogP contribution in [0.1, 0.15) is 43.1 Å². The summed E-state index contributed by atoms with van der Waals surface area (Å²) in [4.78, 5) is 11.9. The number of ether oxygens (including phenoxy) is 1. The number of hydrogen-bond acceptors (Lipinski definition) is 5. The fourth-order valence-electron chi connectivity index (χ4n) is 2.07. The maximum absolute atomic E-state index is 11.9. The van der Waals surface area contributed by atoms with Gasteiger partial charge < -0.3 is 15.4 Å². The van der Waals surface area contributed by atoms with Crippen molar-refractivity contribution >= 4 is 11.7 Å². The molecule has 2 rings (SSSR count). The van der Waals surface area contributed by atoms with Crippen LogP contribution in [-0.4, -0.2) is 41.9 Å². The van der Waals surface area contributed by atoms with Crippen LogP contribution in [0.3, 0.4) is 0 Å². The highest BCUT2D eigenvalue weighted by Gasteiger charge is 2.15. The Balaban J connectivity index is 1.79. The third kappa shape index (κ3) is 4.45. The molecule has 1 aliphatic heterocycles. The molecular formula is C14H22N4O2. The van der Waals surface area contributed by atoms with Crippen LogP contribution in [-0.2, 0) is 4.74 Å². The summed E-state index contributed by atoms with van der Waals surface area (Å²) >= 11 is 0. The molecule has 1 aromatic rings. The molecule has 2 N–H and O–H groups in total. The summed E-state index contributed by atoms with van der Waals surface area (Å²) in [6.45, 7) is 4.25. The molecule has 0 radical (unpaired) electrons. The van der Waals surface area contributed by atoms with E-state index in [0.717, 1.165) is 38.8 Å². The number of rotatable bonds is 6. The van der Waals surface area contributed by atoms with Gasteiger partial charge in [-0.25, -0.2) is 0 Å². The molecule has 0 aliphatic carbocycles. The van der Waals surface area contributed by atoms with E-state index in [1.165, 1.54) is 0 Å². The van der Waals surface area contributed by atoms with Gasteiger partial charge in [0.25, 0.3) is 5.91 Å². The molecule has 2 heterocycles.